The summed E-state index contributed by atoms with van der Waals surface area (Å²) >= 11 is 0. The van der Waals surface area contributed by atoms with E-state index < -0.39 is 0 Å². The lowest BCUT2D eigenvalue weighted by atomic mass is 10.1. The topological polar surface area (TPSA) is 41.1 Å². The molecule has 0 aliphatic heterocycles. The van der Waals surface area contributed by atoms with E-state index in [1.54, 1.807) is 0 Å². The predicted molar refractivity (Wildman–Crippen MR) is 71.9 cm³/mol. The molecule has 0 bridgehead atoms. The van der Waals surface area contributed by atoms with E-state index in [9.17, 15) is 4.79 Å². The first kappa shape index (κ1) is 13.7. The third-order valence-corrected chi connectivity index (χ3v) is 2.86. The molecule has 1 amide bonds. The number of carbonyl (C=O) groups excluding carboxylic acids is 1. The second-order valence-electron chi connectivity index (χ2n) is 4.28. The Kier molecular flexibility index (Phi) is 5.70. The maximum atomic E-state index is 11.7. The van der Waals surface area contributed by atoms with Crippen LogP contribution in [0.5, 0.6) is 0 Å². The summed E-state index contributed by atoms with van der Waals surface area (Å²) in [6.07, 6.45) is 0.865. The van der Waals surface area contributed by atoms with Crippen molar-refractivity contribution in [3.8, 4) is 0 Å². The van der Waals surface area contributed by atoms with Crippen molar-refractivity contribution >= 4 is 11.6 Å². The van der Waals surface area contributed by atoms with E-state index in [1.165, 1.54) is 5.56 Å². The van der Waals surface area contributed by atoms with Crippen LogP contribution in [-0.4, -0.2) is 12.5 Å². The van der Waals surface area contributed by atoms with E-state index in [0.29, 0.717) is 0 Å². The number of hydrogen-bond donors (Lipinski definition) is 2. The predicted octanol–water partition coefficient (Wildman–Crippen LogP) is 2.78. The zero-order valence-electron chi connectivity index (χ0n) is 10.9. The highest BCUT2D eigenvalue weighted by Crippen LogP contribution is 2.12. The first-order chi connectivity index (χ1) is 8.17. The summed E-state index contributed by atoms with van der Waals surface area (Å²) in [5, 5.41) is 6.18. The van der Waals surface area contributed by atoms with Gasteiger partial charge >= 0.3 is 0 Å². The van der Waals surface area contributed by atoms with Crippen molar-refractivity contribution in [2.45, 2.75) is 33.7 Å². The van der Waals surface area contributed by atoms with Crippen LogP contribution < -0.4 is 10.6 Å². The van der Waals surface area contributed by atoms with Gasteiger partial charge in [-0.3, -0.25) is 4.79 Å². The summed E-state index contributed by atoms with van der Waals surface area (Å²) in [5.74, 6) is 0.156. The van der Waals surface area contributed by atoms with Gasteiger partial charge in [0.2, 0.25) is 5.91 Å². The first-order valence-electron chi connectivity index (χ1n) is 6.27. The average molecular weight is 234 g/mol. The third-order valence-electron chi connectivity index (χ3n) is 2.86. The molecule has 0 spiro atoms. The molecule has 3 heteroatoms. The molecule has 2 N–H and O–H groups in total. The fourth-order valence-electron chi connectivity index (χ4n) is 1.43. The van der Waals surface area contributed by atoms with Gasteiger partial charge in [-0.2, -0.15) is 0 Å². The lowest BCUT2D eigenvalue weighted by molar-refractivity contribution is -0.119. The minimum absolute atomic E-state index is 0.0661. The van der Waals surface area contributed by atoms with Crippen LogP contribution in [0.4, 0.5) is 5.69 Å². The van der Waals surface area contributed by atoms with Crippen LogP contribution in [0.15, 0.2) is 24.3 Å². The van der Waals surface area contributed by atoms with E-state index in [-0.39, 0.29) is 11.8 Å². The second kappa shape index (κ2) is 7.07. The SMILES string of the molecule is CCNCc1ccc(NC(=O)C(C)CC)cc1. The Morgan fingerprint density at radius 1 is 1.24 bits per heavy atom. The number of anilines is 1. The molecule has 94 valence electrons. The van der Waals surface area contributed by atoms with Crippen LogP contribution in [0, 0.1) is 5.92 Å². The number of hydrogen-bond acceptors (Lipinski definition) is 2. The Balaban J connectivity index is 2.53. The van der Waals surface area contributed by atoms with Crippen LogP contribution in [0.25, 0.3) is 0 Å². The van der Waals surface area contributed by atoms with Crippen LogP contribution in [0.1, 0.15) is 32.8 Å². The fourth-order valence-corrected chi connectivity index (χ4v) is 1.43. The molecule has 0 fully saturated rings. The van der Waals surface area contributed by atoms with E-state index in [1.807, 2.05) is 38.1 Å². The van der Waals surface area contributed by atoms with Crippen LogP contribution in [-0.2, 0) is 11.3 Å². The molecule has 1 aromatic rings. The second-order valence-corrected chi connectivity index (χ2v) is 4.28. The lowest BCUT2D eigenvalue weighted by Gasteiger charge is -2.10. The van der Waals surface area contributed by atoms with Crippen molar-refractivity contribution in [1.29, 1.82) is 0 Å². The van der Waals surface area contributed by atoms with Gasteiger partial charge in [-0.1, -0.05) is 32.9 Å². The third kappa shape index (κ3) is 4.57. The molecule has 17 heavy (non-hydrogen) atoms. The van der Waals surface area contributed by atoms with Crippen LogP contribution >= 0.6 is 0 Å². The van der Waals surface area contributed by atoms with E-state index in [2.05, 4.69) is 17.6 Å². The fraction of sp³-hybridized carbons (Fsp3) is 0.500. The quantitative estimate of drug-likeness (QED) is 0.794. The first-order valence-corrected chi connectivity index (χ1v) is 6.27. The van der Waals surface area contributed by atoms with Gasteiger partial charge in [-0.25, -0.2) is 0 Å². The van der Waals surface area contributed by atoms with Gasteiger partial charge in [0.1, 0.15) is 0 Å². The zero-order chi connectivity index (χ0) is 12.7. The molecular weight excluding hydrogens is 212 g/mol. The van der Waals surface area contributed by atoms with Crippen molar-refractivity contribution in [3.63, 3.8) is 0 Å². The molecule has 0 heterocycles. The van der Waals surface area contributed by atoms with Gasteiger partial charge < -0.3 is 10.6 Å². The summed E-state index contributed by atoms with van der Waals surface area (Å²) in [6, 6.07) is 7.98. The minimum Gasteiger partial charge on any atom is -0.326 e. The largest absolute Gasteiger partial charge is 0.326 e. The Morgan fingerprint density at radius 2 is 1.88 bits per heavy atom. The maximum absolute atomic E-state index is 11.7. The highest BCUT2D eigenvalue weighted by molar-refractivity contribution is 5.92. The highest BCUT2D eigenvalue weighted by Gasteiger charge is 2.09. The molecule has 0 radical (unpaired) electrons. The summed E-state index contributed by atoms with van der Waals surface area (Å²) in [6.45, 7) is 7.88. The molecule has 0 aromatic heterocycles. The summed E-state index contributed by atoms with van der Waals surface area (Å²) in [7, 11) is 0. The van der Waals surface area contributed by atoms with Crippen LogP contribution in [0.3, 0.4) is 0 Å². The molecule has 3 nitrogen and oxygen atoms in total. The number of rotatable bonds is 6. The summed E-state index contributed by atoms with van der Waals surface area (Å²) in [5.41, 5.74) is 2.10. The van der Waals surface area contributed by atoms with Gasteiger partial charge in [0.15, 0.2) is 0 Å². The molecule has 1 unspecified atom stereocenters. The smallest absolute Gasteiger partial charge is 0.227 e. The Bertz CT molecular complexity index is 346. The monoisotopic (exact) mass is 234 g/mol. The Hall–Kier alpha value is -1.35. The van der Waals surface area contributed by atoms with Crippen molar-refractivity contribution in [2.75, 3.05) is 11.9 Å². The molecule has 0 aliphatic rings. The van der Waals surface area contributed by atoms with Crippen LogP contribution in [0.2, 0.25) is 0 Å². The lowest BCUT2D eigenvalue weighted by Crippen LogP contribution is -2.19. The number of carbonyl (C=O) groups is 1. The average Bonchev–Trinajstić information content (AvgIpc) is 2.37. The van der Waals surface area contributed by atoms with Crippen molar-refractivity contribution in [1.82, 2.24) is 5.32 Å². The molecule has 0 aliphatic carbocycles. The highest BCUT2D eigenvalue weighted by atomic mass is 16.1. The van der Waals surface area contributed by atoms with E-state index in [0.717, 1.165) is 25.2 Å². The van der Waals surface area contributed by atoms with Gasteiger partial charge in [-0.05, 0) is 30.7 Å². The van der Waals surface area contributed by atoms with Crippen molar-refractivity contribution in [2.24, 2.45) is 5.92 Å². The molecule has 0 saturated carbocycles. The molecular formula is C14H22N2O. The van der Waals surface area contributed by atoms with Crippen molar-refractivity contribution in [3.05, 3.63) is 29.8 Å². The summed E-state index contributed by atoms with van der Waals surface area (Å²) < 4.78 is 0. The zero-order valence-corrected chi connectivity index (χ0v) is 10.9. The maximum Gasteiger partial charge on any atom is 0.227 e. The normalized spacial score (nSPS) is 12.2. The molecule has 1 rings (SSSR count). The molecule has 0 saturated heterocycles. The van der Waals surface area contributed by atoms with Gasteiger partial charge in [0, 0.05) is 18.2 Å². The number of benzene rings is 1. The summed E-state index contributed by atoms with van der Waals surface area (Å²) in [4.78, 5) is 11.7. The minimum atomic E-state index is 0.0661. The van der Waals surface area contributed by atoms with E-state index >= 15 is 0 Å². The van der Waals surface area contributed by atoms with E-state index in [4.69, 9.17) is 0 Å². The number of nitrogens with one attached hydrogen (secondary N) is 2. The van der Waals surface area contributed by atoms with Gasteiger partial charge in [-0.15, -0.1) is 0 Å². The standard InChI is InChI=1S/C14H22N2O/c1-4-11(3)14(17)16-13-8-6-12(7-9-13)10-15-5-2/h6-9,11,15H,4-5,10H2,1-3H3,(H,16,17). The van der Waals surface area contributed by atoms with Gasteiger partial charge in [0.25, 0.3) is 0 Å². The molecule has 1 atom stereocenters. The number of amides is 1. The molecule has 1 aromatic carbocycles. The van der Waals surface area contributed by atoms with Gasteiger partial charge in [0.05, 0.1) is 0 Å². The van der Waals surface area contributed by atoms with Crippen molar-refractivity contribution < 1.29 is 4.79 Å². The Labute approximate surface area is 104 Å². The Morgan fingerprint density at radius 3 is 2.41 bits per heavy atom.